The Morgan fingerprint density at radius 3 is 2.78 bits per heavy atom. The van der Waals surface area contributed by atoms with Crippen LogP contribution < -0.4 is 5.32 Å². The fraction of sp³-hybridized carbons (Fsp3) is 1.00. The molecule has 1 aliphatic heterocycles. The molecular formula is C15H31N3. The Hall–Kier alpha value is -0.120. The van der Waals surface area contributed by atoms with E-state index in [4.69, 9.17) is 0 Å². The van der Waals surface area contributed by atoms with Crippen LogP contribution in [-0.2, 0) is 0 Å². The fourth-order valence-corrected chi connectivity index (χ4v) is 3.47. The standard InChI is InChI=1S/C15H31N3/c1-4-13-6-5-7-14(10-13)16-11-15-12-17(2)8-9-18(15)3/h13-16H,4-12H2,1-3H3. The summed E-state index contributed by atoms with van der Waals surface area (Å²) < 4.78 is 0. The van der Waals surface area contributed by atoms with Crippen molar-refractivity contribution in [1.29, 1.82) is 0 Å². The Kier molecular flexibility index (Phi) is 5.46. The molecule has 2 rings (SSSR count). The number of likely N-dealkylation sites (N-methyl/N-ethyl adjacent to an activating group) is 2. The first kappa shape index (κ1) is 14.3. The topological polar surface area (TPSA) is 18.5 Å². The summed E-state index contributed by atoms with van der Waals surface area (Å²) in [7, 11) is 4.52. The van der Waals surface area contributed by atoms with E-state index >= 15 is 0 Å². The van der Waals surface area contributed by atoms with E-state index in [0.29, 0.717) is 6.04 Å². The van der Waals surface area contributed by atoms with E-state index in [1.807, 2.05) is 0 Å². The second-order valence-corrected chi connectivity index (χ2v) is 6.44. The highest BCUT2D eigenvalue weighted by Crippen LogP contribution is 2.26. The largest absolute Gasteiger partial charge is 0.312 e. The average molecular weight is 253 g/mol. The van der Waals surface area contributed by atoms with Crippen LogP contribution in [-0.4, -0.2) is 62.2 Å². The van der Waals surface area contributed by atoms with Crippen molar-refractivity contribution in [3.05, 3.63) is 0 Å². The molecule has 0 bridgehead atoms. The van der Waals surface area contributed by atoms with Gasteiger partial charge >= 0.3 is 0 Å². The van der Waals surface area contributed by atoms with Crippen LogP contribution in [0, 0.1) is 5.92 Å². The van der Waals surface area contributed by atoms with Crippen molar-refractivity contribution in [1.82, 2.24) is 15.1 Å². The van der Waals surface area contributed by atoms with Crippen molar-refractivity contribution < 1.29 is 0 Å². The first-order chi connectivity index (χ1) is 8.69. The van der Waals surface area contributed by atoms with Crippen LogP contribution in [0.3, 0.4) is 0 Å². The lowest BCUT2D eigenvalue weighted by Crippen LogP contribution is -2.55. The van der Waals surface area contributed by atoms with Crippen LogP contribution in [0.15, 0.2) is 0 Å². The average Bonchev–Trinajstić information content (AvgIpc) is 2.40. The first-order valence-electron chi connectivity index (χ1n) is 7.81. The Labute approximate surface area is 113 Å². The lowest BCUT2D eigenvalue weighted by Gasteiger charge is -2.39. The van der Waals surface area contributed by atoms with E-state index in [1.165, 1.54) is 58.3 Å². The molecule has 18 heavy (non-hydrogen) atoms. The molecule has 1 aliphatic carbocycles. The van der Waals surface area contributed by atoms with E-state index in [9.17, 15) is 0 Å². The van der Waals surface area contributed by atoms with Crippen LogP contribution >= 0.6 is 0 Å². The minimum absolute atomic E-state index is 0.700. The molecule has 106 valence electrons. The van der Waals surface area contributed by atoms with Crippen molar-refractivity contribution in [3.63, 3.8) is 0 Å². The number of piperazine rings is 1. The zero-order valence-corrected chi connectivity index (χ0v) is 12.5. The first-order valence-corrected chi connectivity index (χ1v) is 7.81. The fourth-order valence-electron chi connectivity index (χ4n) is 3.47. The van der Waals surface area contributed by atoms with E-state index in [2.05, 4.69) is 36.1 Å². The van der Waals surface area contributed by atoms with Crippen LogP contribution in [0.5, 0.6) is 0 Å². The maximum atomic E-state index is 3.84. The van der Waals surface area contributed by atoms with Crippen LogP contribution in [0.1, 0.15) is 39.0 Å². The van der Waals surface area contributed by atoms with Gasteiger partial charge in [-0.05, 0) is 32.9 Å². The van der Waals surface area contributed by atoms with Crippen molar-refractivity contribution >= 4 is 0 Å². The molecule has 3 unspecified atom stereocenters. The molecule has 1 saturated carbocycles. The van der Waals surface area contributed by atoms with Gasteiger partial charge in [0, 0.05) is 38.3 Å². The Bertz CT molecular complexity index is 244. The van der Waals surface area contributed by atoms with Gasteiger partial charge in [-0.3, -0.25) is 4.90 Å². The van der Waals surface area contributed by atoms with Gasteiger partial charge in [-0.15, -0.1) is 0 Å². The number of hydrogen-bond acceptors (Lipinski definition) is 3. The molecule has 2 aliphatic rings. The number of rotatable bonds is 4. The van der Waals surface area contributed by atoms with Crippen molar-refractivity contribution in [2.45, 2.75) is 51.1 Å². The monoisotopic (exact) mass is 253 g/mol. The van der Waals surface area contributed by atoms with Gasteiger partial charge in [0.15, 0.2) is 0 Å². The normalized spacial score (nSPS) is 35.8. The third-order valence-corrected chi connectivity index (χ3v) is 4.98. The van der Waals surface area contributed by atoms with Gasteiger partial charge in [0.2, 0.25) is 0 Å². The number of hydrogen-bond donors (Lipinski definition) is 1. The second-order valence-electron chi connectivity index (χ2n) is 6.44. The van der Waals surface area contributed by atoms with Gasteiger partial charge in [0.1, 0.15) is 0 Å². The summed E-state index contributed by atoms with van der Waals surface area (Å²) >= 11 is 0. The van der Waals surface area contributed by atoms with E-state index < -0.39 is 0 Å². The van der Waals surface area contributed by atoms with E-state index in [-0.39, 0.29) is 0 Å². The highest BCUT2D eigenvalue weighted by Gasteiger charge is 2.25. The predicted octanol–water partition coefficient (Wildman–Crippen LogP) is 1.79. The molecule has 0 aromatic carbocycles. The number of nitrogens with zero attached hydrogens (tertiary/aromatic N) is 2. The number of nitrogens with one attached hydrogen (secondary N) is 1. The molecule has 1 N–H and O–H groups in total. The second kappa shape index (κ2) is 6.88. The van der Waals surface area contributed by atoms with Gasteiger partial charge in [0.25, 0.3) is 0 Å². The Morgan fingerprint density at radius 1 is 1.17 bits per heavy atom. The minimum Gasteiger partial charge on any atom is -0.312 e. The molecule has 0 aromatic rings. The molecule has 3 atom stereocenters. The van der Waals surface area contributed by atoms with E-state index in [1.54, 1.807) is 0 Å². The van der Waals surface area contributed by atoms with Gasteiger partial charge in [-0.2, -0.15) is 0 Å². The molecule has 0 aromatic heterocycles. The highest BCUT2D eigenvalue weighted by atomic mass is 15.3. The van der Waals surface area contributed by atoms with Gasteiger partial charge in [0.05, 0.1) is 0 Å². The SMILES string of the molecule is CCC1CCCC(NCC2CN(C)CCN2C)C1. The minimum atomic E-state index is 0.700. The summed E-state index contributed by atoms with van der Waals surface area (Å²) in [6, 6.07) is 1.48. The van der Waals surface area contributed by atoms with Gasteiger partial charge in [-0.1, -0.05) is 26.2 Å². The zero-order valence-electron chi connectivity index (χ0n) is 12.5. The summed E-state index contributed by atoms with van der Waals surface area (Å²) in [4.78, 5) is 4.98. The molecule has 1 heterocycles. The predicted molar refractivity (Wildman–Crippen MR) is 78.0 cm³/mol. The molecule has 3 heteroatoms. The maximum Gasteiger partial charge on any atom is 0.0345 e. The molecule has 0 amide bonds. The maximum absolute atomic E-state index is 3.84. The quantitative estimate of drug-likeness (QED) is 0.824. The Balaban J connectivity index is 1.73. The lowest BCUT2D eigenvalue weighted by atomic mass is 9.84. The zero-order chi connectivity index (χ0) is 13.0. The Morgan fingerprint density at radius 2 is 2.00 bits per heavy atom. The highest BCUT2D eigenvalue weighted by molar-refractivity contribution is 4.84. The van der Waals surface area contributed by atoms with Crippen LogP contribution in [0.2, 0.25) is 0 Å². The molecule has 0 radical (unpaired) electrons. The van der Waals surface area contributed by atoms with Crippen LogP contribution in [0.4, 0.5) is 0 Å². The molecule has 2 fully saturated rings. The van der Waals surface area contributed by atoms with Crippen molar-refractivity contribution in [2.75, 3.05) is 40.3 Å². The molecular weight excluding hydrogens is 222 g/mol. The summed E-state index contributed by atoms with van der Waals surface area (Å²) in [5, 5.41) is 3.84. The lowest BCUT2D eigenvalue weighted by molar-refractivity contribution is 0.108. The van der Waals surface area contributed by atoms with Crippen molar-refractivity contribution in [3.8, 4) is 0 Å². The molecule has 1 saturated heterocycles. The third kappa shape index (κ3) is 3.94. The van der Waals surface area contributed by atoms with E-state index in [0.717, 1.165) is 12.0 Å². The van der Waals surface area contributed by atoms with Crippen LogP contribution in [0.25, 0.3) is 0 Å². The summed E-state index contributed by atoms with van der Waals surface area (Å²) in [6.07, 6.45) is 7.05. The summed E-state index contributed by atoms with van der Waals surface area (Å²) in [5.41, 5.74) is 0. The van der Waals surface area contributed by atoms with Gasteiger partial charge < -0.3 is 10.2 Å². The smallest absolute Gasteiger partial charge is 0.0345 e. The summed E-state index contributed by atoms with van der Waals surface area (Å²) in [6.45, 7) is 7.16. The third-order valence-electron chi connectivity index (χ3n) is 4.98. The van der Waals surface area contributed by atoms with Gasteiger partial charge in [-0.25, -0.2) is 0 Å². The molecule has 3 nitrogen and oxygen atoms in total. The van der Waals surface area contributed by atoms with Crippen molar-refractivity contribution in [2.24, 2.45) is 5.92 Å². The molecule has 0 spiro atoms. The summed E-state index contributed by atoms with van der Waals surface area (Å²) in [5.74, 6) is 0.975.